The van der Waals surface area contributed by atoms with Crippen molar-refractivity contribution in [3.8, 4) is 28.0 Å². The van der Waals surface area contributed by atoms with Crippen LogP contribution in [0.4, 0.5) is 0 Å². The van der Waals surface area contributed by atoms with Crippen molar-refractivity contribution < 1.29 is 4.74 Å². The predicted octanol–water partition coefficient (Wildman–Crippen LogP) is 5.34. The molecule has 104 valence electrons. The molecule has 0 aromatic heterocycles. The number of methoxy groups -OCH3 is 1. The molecule has 1 nitrogen and oxygen atoms in total. The van der Waals surface area contributed by atoms with Crippen molar-refractivity contribution in [1.82, 2.24) is 0 Å². The number of ether oxygens (including phenoxy) is 1. The van der Waals surface area contributed by atoms with Crippen LogP contribution in [0.2, 0.25) is 0 Å². The fraction of sp³-hybridized carbons (Fsp3) is 0.100. The summed E-state index contributed by atoms with van der Waals surface area (Å²) in [6.45, 7) is 2.12. The SMILES string of the molecule is COc1ccc(-c2ccccc2)c(-c2ccccc2)c1C. The Hall–Kier alpha value is -2.54. The lowest BCUT2D eigenvalue weighted by atomic mass is 9.90. The van der Waals surface area contributed by atoms with Gasteiger partial charge in [-0.1, -0.05) is 66.7 Å². The van der Waals surface area contributed by atoms with Gasteiger partial charge in [0.1, 0.15) is 5.75 Å². The second-order valence-electron chi connectivity index (χ2n) is 5.05. The van der Waals surface area contributed by atoms with Crippen LogP contribution in [-0.2, 0) is 0 Å². The third-order valence-electron chi connectivity index (χ3n) is 3.78. The first-order valence-corrected chi connectivity index (χ1v) is 7.09. The summed E-state index contributed by atoms with van der Waals surface area (Å²) in [6.07, 6.45) is 0. The molecule has 0 aliphatic rings. The van der Waals surface area contributed by atoms with Crippen LogP contribution in [0.25, 0.3) is 22.3 Å². The van der Waals surface area contributed by atoms with Gasteiger partial charge >= 0.3 is 0 Å². The summed E-state index contributed by atoms with van der Waals surface area (Å²) in [6, 6.07) is 25.2. The van der Waals surface area contributed by atoms with Crippen LogP contribution in [0, 0.1) is 6.92 Å². The molecule has 0 fully saturated rings. The van der Waals surface area contributed by atoms with Gasteiger partial charge in [-0.15, -0.1) is 0 Å². The lowest BCUT2D eigenvalue weighted by Gasteiger charge is -2.16. The average Bonchev–Trinajstić information content (AvgIpc) is 2.56. The highest BCUT2D eigenvalue weighted by atomic mass is 16.5. The molecule has 3 aromatic rings. The normalized spacial score (nSPS) is 10.4. The van der Waals surface area contributed by atoms with Gasteiger partial charge in [-0.05, 0) is 40.8 Å². The van der Waals surface area contributed by atoms with E-state index in [1.165, 1.54) is 27.8 Å². The Bertz CT molecular complexity index is 731. The minimum absolute atomic E-state index is 0.925. The molecule has 0 aliphatic heterocycles. The van der Waals surface area contributed by atoms with Crippen LogP contribution >= 0.6 is 0 Å². The molecule has 3 rings (SSSR count). The quantitative estimate of drug-likeness (QED) is 0.626. The minimum atomic E-state index is 0.925. The summed E-state index contributed by atoms with van der Waals surface area (Å²) in [5.41, 5.74) is 6.08. The summed E-state index contributed by atoms with van der Waals surface area (Å²) < 4.78 is 5.50. The Morgan fingerprint density at radius 2 is 1.24 bits per heavy atom. The van der Waals surface area contributed by atoms with Crippen LogP contribution in [0.5, 0.6) is 5.75 Å². The van der Waals surface area contributed by atoms with Gasteiger partial charge in [0.2, 0.25) is 0 Å². The van der Waals surface area contributed by atoms with Gasteiger partial charge in [-0.2, -0.15) is 0 Å². The van der Waals surface area contributed by atoms with E-state index < -0.39 is 0 Å². The average molecular weight is 274 g/mol. The Morgan fingerprint density at radius 1 is 0.667 bits per heavy atom. The zero-order valence-electron chi connectivity index (χ0n) is 12.3. The monoisotopic (exact) mass is 274 g/mol. The zero-order valence-corrected chi connectivity index (χ0v) is 12.3. The third-order valence-corrected chi connectivity index (χ3v) is 3.78. The smallest absolute Gasteiger partial charge is 0.122 e. The minimum Gasteiger partial charge on any atom is -0.496 e. The molecule has 0 unspecified atom stereocenters. The summed E-state index contributed by atoms with van der Waals surface area (Å²) in [7, 11) is 1.72. The van der Waals surface area contributed by atoms with E-state index in [1.54, 1.807) is 7.11 Å². The largest absolute Gasteiger partial charge is 0.496 e. The molecule has 3 aromatic carbocycles. The highest BCUT2D eigenvalue weighted by Crippen LogP contribution is 2.38. The van der Waals surface area contributed by atoms with Crippen molar-refractivity contribution >= 4 is 0 Å². The first kappa shape index (κ1) is 13.4. The van der Waals surface area contributed by atoms with E-state index in [-0.39, 0.29) is 0 Å². The van der Waals surface area contributed by atoms with Gasteiger partial charge in [0.25, 0.3) is 0 Å². The van der Waals surface area contributed by atoms with Crippen molar-refractivity contribution in [1.29, 1.82) is 0 Å². The molecule has 0 radical (unpaired) electrons. The third kappa shape index (κ3) is 2.55. The van der Waals surface area contributed by atoms with Gasteiger partial charge in [0, 0.05) is 0 Å². The van der Waals surface area contributed by atoms with Gasteiger partial charge in [0.05, 0.1) is 7.11 Å². The molecular formula is C20H18O. The van der Waals surface area contributed by atoms with Crippen LogP contribution in [0.3, 0.4) is 0 Å². The van der Waals surface area contributed by atoms with E-state index in [1.807, 2.05) is 18.2 Å². The van der Waals surface area contributed by atoms with E-state index in [4.69, 9.17) is 4.74 Å². The van der Waals surface area contributed by atoms with Crippen molar-refractivity contribution in [3.05, 3.63) is 78.4 Å². The maximum Gasteiger partial charge on any atom is 0.122 e. The molecule has 0 spiro atoms. The standard InChI is InChI=1S/C20H18O/c1-15-19(21-2)14-13-18(16-9-5-3-6-10-16)20(15)17-11-7-4-8-12-17/h3-14H,1-2H3. The van der Waals surface area contributed by atoms with Crippen LogP contribution in [-0.4, -0.2) is 7.11 Å². The van der Waals surface area contributed by atoms with Gasteiger partial charge in [0.15, 0.2) is 0 Å². The fourth-order valence-corrected chi connectivity index (χ4v) is 2.75. The highest BCUT2D eigenvalue weighted by Gasteiger charge is 2.13. The molecule has 0 aliphatic carbocycles. The maximum atomic E-state index is 5.50. The topological polar surface area (TPSA) is 9.23 Å². The Labute approximate surface area is 125 Å². The van der Waals surface area contributed by atoms with Crippen LogP contribution < -0.4 is 4.74 Å². The van der Waals surface area contributed by atoms with Gasteiger partial charge < -0.3 is 4.74 Å². The lowest BCUT2D eigenvalue weighted by Crippen LogP contribution is -1.93. The molecule has 0 bridgehead atoms. The van der Waals surface area contributed by atoms with Gasteiger partial charge in [-0.3, -0.25) is 0 Å². The molecule has 0 amide bonds. The van der Waals surface area contributed by atoms with Crippen LogP contribution in [0.1, 0.15) is 5.56 Å². The molecular weight excluding hydrogens is 256 g/mol. The summed E-state index contributed by atoms with van der Waals surface area (Å²) in [4.78, 5) is 0. The summed E-state index contributed by atoms with van der Waals surface area (Å²) in [5, 5.41) is 0. The predicted molar refractivity (Wildman–Crippen MR) is 88.6 cm³/mol. The molecule has 0 saturated carbocycles. The zero-order chi connectivity index (χ0) is 14.7. The fourth-order valence-electron chi connectivity index (χ4n) is 2.75. The molecule has 0 N–H and O–H groups in total. The molecule has 0 heterocycles. The van der Waals surface area contributed by atoms with Crippen molar-refractivity contribution in [3.63, 3.8) is 0 Å². The molecule has 1 heteroatoms. The van der Waals surface area contributed by atoms with Crippen molar-refractivity contribution in [2.24, 2.45) is 0 Å². The van der Waals surface area contributed by atoms with E-state index in [0.29, 0.717) is 0 Å². The van der Waals surface area contributed by atoms with Crippen LogP contribution in [0.15, 0.2) is 72.8 Å². The molecule has 21 heavy (non-hydrogen) atoms. The highest BCUT2D eigenvalue weighted by molar-refractivity contribution is 5.87. The first-order chi connectivity index (χ1) is 10.3. The number of benzene rings is 3. The lowest BCUT2D eigenvalue weighted by molar-refractivity contribution is 0.412. The van der Waals surface area contributed by atoms with Gasteiger partial charge in [-0.25, -0.2) is 0 Å². The number of hydrogen-bond acceptors (Lipinski definition) is 1. The molecule has 0 saturated heterocycles. The second kappa shape index (κ2) is 5.84. The van der Waals surface area contributed by atoms with E-state index >= 15 is 0 Å². The molecule has 0 atom stereocenters. The Kier molecular flexibility index (Phi) is 3.74. The summed E-state index contributed by atoms with van der Waals surface area (Å²) in [5.74, 6) is 0.925. The van der Waals surface area contributed by atoms with Crippen molar-refractivity contribution in [2.45, 2.75) is 6.92 Å². The van der Waals surface area contributed by atoms with Crippen molar-refractivity contribution in [2.75, 3.05) is 7.11 Å². The number of hydrogen-bond donors (Lipinski definition) is 0. The first-order valence-electron chi connectivity index (χ1n) is 7.09. The Balaban J connectivity index is 2.28. The van der Waals surface area contributed by atoms with E-state index in [9.17, 15) is 0 Å². The number of rotatable bonds is 3. The van der Waals surface area contributed by atoms with E-state index in [0.717, 1.165) is 5.75 Å². The maximum absolute atomic E-state index is 5.50. The Morgan fingerprint density at radius 3 is 1.81 bits per heavy atom. The second-order valence-corrected chi connectivity index (χ2v) is 5.05. The summed E-state index contributed by atoms with van der Waals surface area (Å²) >= 11 is 0. The van der Waals surface area contributed by atoms with E-state index in [2.05, 4.69) is 61.5 Å².